The van der Waals surface area contributed by atoms with Crippen LogP contribution in [0.1, 0.15) is 40.6 Å². The van der Waals surface area contributed by atoms with Gasteiger partial charge in [0.15, 0.2) is 0 Å². The molecule has 0 saturated carbocycles. The first-order chi connectivity index (χ1) is 10.1. The molecule has 1 aliphatic rings. The summed E-state index contributed by atoms with van der Waals surface area (Å²) in [6.07, 6.45) is 2.55. The van der Waals surface area contributed by atoms with E-state index < -0.39 is 5.97 Å². The van der Waals surface area contributed by atoms with Crippen molar-refractivity contribution in [1.82, 2.24) is 14.8 Å². The van der Waals surface area contributed by atoms with Gasteiger partial charge in [0.1, 0.15) is 4.88 Å². The summed E-state index contributed by atoms with van der Waals surface area (Å²) in [6.45, 7) is 10.8. The van der Waals surface area contributed by atoms with Crippen molar-refractivity contribution in [1.29, 1.82) is 0 Å². The fourth-order valence-electron chi connectivity index (χ4n) is 2.66. The Kier molecular flexibility index (Phi) is 6.14. The Bertz CT molecular complexity index is 467. The Hall–Kier alpha value is -0.980. The number of aromatic nitrogens is 1. The lowest BCUT2D eigenvalue weighted by Crippen LogP contribution is -2.46. The number of thiazole rings is 1. The van der Waals surface area contributed by atoms with Gasteiger partial charge in [-0.2, -0.15) is 0 Å². The molecule has 1 aromatic rings. The molecule has 0 unspecified atom stereocenters. The van der Waals surface area contributed by atoms with Crippen LogP contribution >= 0.6 is 11.3 Å². The minimum absolute atomic E-state index is 0.433. The number of carbonyl (C=O) groups is 1. The van der Waals surface area contributed by atoms with E-state index in [1.165, 1.54) is 11.3 Å². The highest BCUT2D eigenvalue weighted by atomic mass is 32.1. The van der Waals surface area contributed by atoms with E-state index in [1.807, 2.05) is 0 Å². The molecular weight excluding hydrogens is 286 g/mol. The molecule has 1 saturated heterocycles. The smallest absolute Gasteiger partial charge is 0.347 e. The highest BCUT2D eigenvalue weighted by Crippen LogP contribution is 2.21. The van der Waals surface area contributed by atoms with Crippen LogP contribution in [-0.2, 0) is 12.8 Å². The van der Waals surface area contributed by atoms with Gasteiger partial charge in [-0.3, -0.25) is 0 Å². The minimum Gasteiger partial charge on any atom is -0.477 e. The number of aryl methyl sites for hydroxylation is 1. The van der Waals surface area contributed by atoms with Gasteiger partial charge < -0.3 is 14.9 Å². The second-order valence-electron chi connectivity index (χ2n) is 5.46. The molecule has 1 aromatic heterocycles. The van der Waals surface area contributed by atoms with Crippen molar-refractivity contribution < 1.29 is 9.90 Å². The van der Waals surface area contributed by atoms with Crippen molar-refractivity contribution in [2.24, 2.45) is 0 Å². The summed E-state index contributed by atoms with van der Waals surface area (Å²) in [6, 6.07) is 0. The maximum Gasteiger partial charge on any atom is 0.347 e. The van der Waals surface area contributed by atoms with Crippen molar-refractivity contribution >= 4 is 17.3 Å². The first-order valence-electron chi connectivity index (χ1n) is 7.80. The predicted molar refractivity (Wildman–Crippen MR) is 85.3 cm³/mol. The molecule has 0 amide bonds. The largest absolute Gasteiger partial charge is 0.477 e. The molecule has 5 nitrogen and oxygen atoms in total. The number of hydrogen-bond acceptors (Lipinski definition) is 5. The molecule has 118 valence electrons. The maximum atomic E-state index is 11.2. The van der Waals surface area contributed by atoms with Gasteiger partial charge in [-0.05, 0) is 13.0 Å². The summed E-state index contributed by atoms with van der Waals surface area (Å²) in [5.74, 6) is -0.834. The summed E-state index contributed by atoms with van der Waals surface area (Å²) >= 11 is 1.35. The summed E-state index contributed by atoms with van der Waals surface area (Å²) in [7, 11) is 0. The van der Waals surface area contributed by atoms with E-state index in [1.54, 1.807) is 0 Å². The summed E-state index contributed by atoms with van der Waals surface area (Å²) in [5, 5.41) is 10.2. The van der Waals surface area contributed by atoms with Crippen molar-refractivity contribution in [3.8, 4) is 0 Å². The van der Waals surface area contributed by atoms with Gasteiger partial charge in [-0.1, -0.05) is 20.3 Å². The highest BCUT2D eigenvalue weighted by Gasteiger charge is 2.19. The third kappa shape index (κ3) is 4.49. The van der Waals surface area contributed by atoms with Gasteiger partial charge in [0.25, 0.3) is 0 Å². The molecule has 6 heteroatoms. The van der Waals surface area contributed by atoms with Gasteiger partial charge in [0.2, 0.25) is 0 Å². The van der Waals surface area contributed by atoms with Crippen LogP contribution in [-0.4, -0.2) is 65.1 Å². The monoisotopic (exact) mass is 311 g/mol. The topological polar surface area (TPSA) is 56.7 Å². The second-order valence-corrected chi connectivity index (χ2v) is 6.55. The third-order valence-corrected chi connectivity index (χ3v) is 5.12. The van der Waals surface area contributed by atoms with Crippen LogP contribution in [0.2, 0.25) is 0 Å². The Labute approximate surface area is 130 Å². The van der Waals surface area contributed by atoms with Gasteiger partial charge in [0, 0.05) is 39.1 Å². The van der Waals surface area contributed by atoms with E-state index in [4.69, 9.17) is 0 Å². The quantitative estimate of drug-likeness (QED) is 0.834. The Morgan fingerprint density at radius 1 is 1.19 bits per heavy atom. The molecule has 2 rings (SSSR count). The van der Waals surface area contributed by atoms with Crippen LogP contribution in [0.4, 0.5) is 0 Å². The van der Waals surface area contributed by atoms with Gasteiger partial charge in [0.05, 0.1) is 10.7 Å². The normalized spacial score (nSPS) is 17.2. The Morgan fingerprint density at radius 2 is 1.86 bits per heavy atom. The summed E-state index contributed by atoms with van der Waals surface area (Å²) < 4.78 is 0. The number of carboxylic acid groups (broad SMARTS) is 1. The summed E-state index contributed by atoms with van der Waals surface area (Å²) in [5.41, 5.74) is 0.765. The minimum atomic E-state index is -0.834. The van der Waals surface area contributed by atoms with Gasteiger partial charge in [-0.25, -0.2) is 9.78 Å². The van der Waals surface area contributed by atoms with Crippen molar-refractivity contribution in [3.63, 3.8) is 0 Å². The SMILES string of the molecule is CCCc1nc(CCN2CCN(CC)CC2)sc1C(=O)O. The summed E-state index contributed by atoms with van der Waals surface area (Å²) in [4.78, 5) is 21.1. The van der Waals surface area contributed by atoms with E-state index in [2.05, 4.69) is 28.6 Å². The molecule has 1 aliphatic heterocycles. The van der Waals surface area contributed by atoms with Crippen LogP contribution in [0.5, 0.6) is 0 Å². The molecule has 0 radical (unpaired) electrons. The van der Waals surface area contributed by atoms with Crippen LogP contribution in [0.25, 0.3) is 0 Å². The van der Waals surface area contributed by atoms with Crippen LogP contribution in [0.15, 0.2) is 0 Å². The second kappa shape index (κ2) is 7.87. The average Bonchev–Trinajstić information content (AvgIpc) is 2.89. The molecule has 0 bridgehead atoms. The molecule has 0 spiro atoms. The standard InChI is InChI=1S/C15H25N3O2S/c1-3-5-12-14(15(19)20)21-13(16-12)6-7-18-10-8-17(4-2)9-11-18/h3-11H2,1-2H3,(H,19,20). The van der Waals surface area contributed by atoms with E-state index in [0.717, 1.165) is 69.2 Å². The Balaban J connectivity index is 1.88. The predicted octanol–water partition coefficient (Wildman–Crippen LogP) is 1.97. The molecule has 21 heavy (non-hydrogen) atoms. The Morgan fingerprint density at radius 3 is 2.43 bits per heavy atom. The molecule has 0 aromatic carbocycles. The number of carboxylic acids is 1. The number of hydrogen-bond donors (Lipinski definition) is 1. The lowest BCUT2D eigenvalue weighted by molar-refractivity contribution is 0.0700. The third-order valence-electron chi connectivity index (χ3n) is 3.98. The van der Waals surface area contributed by atoms with Gasteiger partial charge >= 0.3 is 5.97 Å². The number of likely N-dealkylation sites (N-methyl/N-ethyl adjacent to an activating group) is 1. The fourth-order valence-corrected chi connectivity index (χ4v) is 3.60. The van der Waals surface area contributed by atoms with Crippen molar-refractivity contribution in [2.75, 3.05) is 39.3 Å². The molecule has 2 heterocycles. The lowest BCUT2D eigenvalue weighted by Gasteiger charge is -2.33. The van der Waals surface area contributed by atoms with Crippen molar-refractivity contribution in [2.45, 2.75) is 33.1 Å². The average molecular weight is 311 g/mol. The maximum absolute atomic E-state index is 11.2. The van der Waals surface area contributed by atoms with E-state index >= 15 is 0 Å². The number of rotatable bonds is 7. The zero-order valence-electron chi connectivity index (χ0n) is 13.0. The molecular formula is C15H25N3O2S. The van der Waals surface area contributed by atoms with Crippen LogP contribution < -0.4 is 0 Å². The fraction of sp³-hybridized carbons (Fsp3) is 0.733. The first kappa shape index (κ1) is 16.4. The molecule has 0 aliphatic carbocycles. The lowest BCUT2D eigenvalue weighted by atomic mass is 10.2. The molecule has 1 fully saturated rings. The van der Waals surface area contributed by atoms with E-state index in [0.29, 0.717) is 4.88 Å². The number of piperazine rings is 1. The molecule has 1 N–H and O–H groups in total. The van der Waals surface area contributed by atoms with Crippen LogP contribution in [0, 0.1) is 0 Å². The zero-order valence-corrected chi connectivity index (χ0v) is 13.8. The highest BCUT2D eigenvalue weighted by molar-refractivity contribution is 7.13. The molecule has 0 atom stereocenters. The van der Waals surface area contributed by atoms with E-state index in [9.17, 15) is 9.90 Å². The van der Waals surface area contributed by atoms with Crippen molar-refractivity contribution in [3.05, 3.63) is 15.6 Å². The van der Waals surface area contributed by atoms with Gasteiger partial charge in [-0.15, -0.1) is 11.3 Å². The van der Waals surface area contributed by atoms with Crippen LogP contribution in [0.3, 0.4) is 0 Å². The number of aromatic carboxylic acids is 1. The first-order valence-corrected chi connectivity index (χ1v) is 8.62. The van der Waals surface area contributed by atoms with E-state index in [-0.39, 0.29) is 0 Å². The number of nitrogens with zero attached hydrogens (tertiary/aromatic N) is 3. The zero-order chi connectivity index (χ0) is 15.2.